The molecule has 0 bridgehead atoms. The lowest BCUT2D eigenvalue weighted by molar-refractivity contribution is -0.121. The van der Waals surface area contributed by atoms with Crippen LogP contribution in [0.15, 0.2) is 10.2 Å². The Balaban J connectivity index is 2.26. The van der Waals surface area contributed by atoms with Crippen LogP contribution in [0.1, 0.15) is 44.7 Å². The van der Waals surface area contributed by atoms with E-state index in [2.05, 4.69) is 12.2 Å². The predicted octanol–water partition coefficient (Wildman–Crippen LogP) is 1.91. The molecule has 0 saturated carbocycles. The molecule has 21 heavy (non-hydrogen) atoms. The number of nitrogens with one attached hydrogen (secondary N) is 1. The maximum atomic E-state index is 11.8. The molecule has 120 valence electrons. The van der Waals surface area contributed by atoms with Gasteiger partial charge >= 0.3 is 4.87 Å². The Morgan fingerprint density at radius 2 is 2.24 bits per heavy atom. The number of carbonyl (C=O) groups is 1. The van der Waals surface area contributed by atoms with E-state index < -0.39 is 0 Å². The van der Waals surface area contributed by atoms with E-state index in [1.807, 2.05) is 12.3 Å². The number of aliphatic hydroxyl groups excluding tert-OH is 1. The van der Waals surface area contributed by atoms with E-state index in [4.69, 9.17) is 5.11 Å². The Hall–Kier alpha value is -1.14. The fourth-order valence-corrected chi connectivity index (χ4v) is 3.12. The first kappa shape index (κ1) is 17.9. The molecule has 6 heteroatoms. The standard InChI is InChI=1S/C15H26N2O3S/c1-3-5-13(7-9-18)10-16-14(19)6-4-8-17-12(2)11-21-15(17)20/h11,13,18H,3-10H2,1-2H3,(H,16,19). The van der Waals surface area contributed by atoms with Gasteiger partial charge in [0, 0.05) is 37.2 Å². The predicted molar refractivity (Wildman–Crippen MR) is 85.7 cm³/mol. The number of aromatic nitrogens is 1. The molecule has 2 N–H and O–H groups in total. The van der Waals surface area contributed by atoms with Crippen molar-refractivity contribution in [2.24, 2.45) is 5.92 Å². The van der Waals surface area contributed by atoms with Gasteiger partial charge in [-0.15, -0.1) is 0 Å². The number of amides is 1. The molecule has 1 unspecified atom stereocenters. The molecule has 0 saturated heterocycles. The Labute approximate surface area is 130 Å². The van der Waals surface area contributed by atoms with Crippen LogP contribution in [-0.2, 0) is 11.3 Å². The summed E-state index contributed by atoms with van der Waals surface area (Å²) in [4.78, 5) is 23.4. The maximum absolute atomic E-state index is 11.8. The number of aliphatic hydroxyl groups is 1. The van der Waals surface area contributed by atoms with E-state index in [9.17, 15) is 9.59 Å². The number of nitrogens with zero attached hydrogens (tertiary/aromatic N) is 1. The van der Waals surface area contributed by atoms with Crippen molar-refractivity contribution < 1.29 is 9.90 Å². The summed E-state index contributed by atoms with van der Waals surface area (Å²) < 4.78 is 1.71. The summed E-state index contributed by atoms with van der Waals surface area (Å²) in [7, 11) is 0. The molecule has 1 rings (SSSR count). The third-order valence-corrected chi connectivity index (χ3v) is 4.47. The highest BCUT2D eigenvalue weighted by Gasteiger charge is 2.10. The maximum Gasteiger partial charge on any atom is 0.307 e. The summed E-state index contributed by atoms with van der Waals surface area (Å²) >= 11 is 1.20. The molecule has 1 aromatic heterocycles. The number of thiazole rings is 1. The number of carbonyl (C=O) groups excluding carboxylic acids is 1. The molecule has 1 amide bonds. The Morgan fingerprint density at radius 1 is 1.48 bits per heavy atom. The number of rotatable bonds is 10. The number of aryl methyl sites for hydroxylation is 1. The minimum atomic E-state index is 0.0231. The van der Waals surface area contributed by atoms with E-state index in [1.54, 1.807) is 4.57 Å². The molecule has 1 atom stereocenters. The second kappa shape index (κ2) is 9.73. The Bertz CT molecular complexity index is 476. The highest BCUT2D eigenvalue weighted by molar-refractivity contribution is 7.07. The van der Waals surface area contributed by atoms with Crippen molar-refractivity contribution in [2.45, 2.75) is 52.5 Å². The fraction of sp³-hybridized carbons (Fsp3) is 0.733. The molecule has 0 radical (unpaired) electrons. The van der Waals surface area contributed by atoms with Crippen LogP contribution in [0, 0.1) is 12.8 Å². The second-order valence-electron chi connectivity index (χ2n) is 5.37. The third-order valence-electron chi connectivity index (χ3n) is 3.58. The van der Waals surface area contributed by atoms with Crippen LogP contribution in [-0.4, -0.2) is 28.7 Å². The van der Waals surface area contributed by atoms with E-state index in [1.165, 1.54) is 11.3 Å². The first-order valence-corrected chi connectivity index (χ1v) is 8.49. The van der Waals surface area contributed by atoms with Crippen molar-refractivity contribution >= 4 is 17.2 Å². The van der Waals surface area contributed by atoms with Crippen LogP contribution >= 0.6 is 11.3 Å². The van der Waals surface area contributed by atoms with Crippen molar-refractivity contribution in [3.63, 3.8) is 0 Å². The van der Waals surface area contributed by atoms with E-state index >= 15 is 0 Å². The summed E-state index contributed by atoms with van der Waals surface area (Å²) in [6.45, 7) is 5.40. The van der Waals surface area contributed by atoms with Gasteiger partial charge in [0.15, 0.2) is 0 Å². The average Bonchev–Trinajstić information content (AvgIpc) is 2.77. The van der Waals surface area contributed by atoms with Crippen molar-refractivity contribution in [1.29, 1.82) is 0 Å². The molecule has 0 spiro atoms. The van der Waals surface area contributed by atoms with Gasteiger partial charge in [0.25, 0.3) is 0 Å². The highest BCUT2D eigenvalue weighted by Crippen LogP contribution is 2.09. The van der Waals surface area contributed by atoms with E-state index in [0.29, 0.717) is 31.8 Å². The van der Waals surface area contributed by atoms with E-state index in [0.717, 1.165) is 25.0 Å². The first-order valence-electron chi connectivity index (χ1n) is 7.61. The zero-order chi connectivity index (χ0) is 15.7. The lowest BCUT2D eigenvalue weighted by Crippen LogP contribution is -2.30. The van der Waals surface area contributed by atoms with Crippen molar-refractivity contribution in [3.05, 3.63) is 20.7 Å². The van der Waals surface area contributed by atoms with Gasteiger partial charge in [0.05, 0.1) is 0 Å². The summed E-state index contributed by atoms with van der Waals surface area (Å²) in [5.74, 6) is 0.376. The summed E-state index contributed by atoms with van der Waals surface area (Å²) in [6.07, 6.45) is 3.91. The lowest BCUT2D eigenvalue weighted by atomic mass is 10.0. The largest absolute Gasteiger partial charge is 0.396 e. The van der Waals surface area contributed by atoms with E-state index in [-0.39, 0.29) is 17.4 Å². The molecule has 1 heterocycles. The molecule has 0 aliphatic carbocycles. The molecule has 0 fully saturated rings. The molecule has 1 aromatic rings. The summed E-state index contributed by atoms with van der Waals surface area (Å²) in [5.41, 5.74) is 0.955. The van der Waals surface area contributed by atoms with Crippen LogP contribution in [0.5, 0.6) is 0 Å². The summed E-state index contributed by atoms with van der Waals surface area (Å²) in [5, 5.41) is 13.8. The summed E-state index contributed by atoms with van der Waals surface area (Å²) in [6, 6.07) is 0. The van der Waals surface area contributed by atoms with Crippen LogP contribution in [0.25, 0.3) is 0 Å². The number of hydrogen-bond acceptors (Lipinski definition) is 4. The van der Waals surface area contributed by atoms with Gasteiger partial charge in [-0.1, -0.05) is 24.7 Å². The molecule has 0 aliphatic heterocycles. The highest BCUT2D eigenvalue weighted by atomic mass is 32.1. The van der Waals surface area contributed by atoms with Crippen molar-refractivity contribution in [2.75, 3.05) is 13.2 Å². The third kappa shape index (κ3) is 6.44. The van der Waals surface area contributed by atoms with Gasteiger partial charge in [-0.2, -0.15) is 0 Å². The fourth-order valence-electron chi connectivity index (χ4n) is 2.36. The van der Waals surface area contributed by atoms with Gasteiger partial charge in [-0.3, -0.25) is 9.59 Å². The minimum absolute atomic E-state index is 0.0231. The second-order valence-corrected chi connectivity index (χ2v) is 6.19. The molecular formula is C15H26N2O3S. The topological polar surface area (TPSA) is 71.3 Å². The Morgan fingerprint density at radius 3 is 2.81 bits per heavy atom. The van der Waals surface area contributed by atoms with Crippen LogP contribution in [0.3, 0.4) is 0 Å². The monoisotopic (exact) mass is 314 g/mol. The van der Waals surface area contributed by atoms with Gasteiger partial charge in [0.1, 0.15) is 0 Å². The van der Waals surface area contributed by atoms with Gasteiger partial charge in [-0.05, 0) is 32.1 Å². The van der Waals surface area contributed by atoms with Crippen molar-refractivity contribution in [3.8, 4) is 0 Å². The van der Waals surface area contributed by atoms with Crippen LogP contribution < -0.4 is 10.2 Å². The van der Waals surface area contributed by atoms with Crippen LogP contribution in [0.4, 0.5) is 0 Å². The molecular weight excluding hydrogens is 288 g/mol. The number of hydrogen-bond donors (Lipinski definition) is 2. The van der Waals surface area contributed by atoms with Gasteiger partial charge in [-0.25, -0.2) is 0 Å². The Kier molecular flexibility index (Phi) is 8.30. The minimum Gasteiger partial charge on any atom is -0.396 e. The normalized spacial score (nSPS) is 12.3. The first-order chi connectivity index (χ1) is 10.1. The molecule has 0 aromatic carbocycles. The van der Waals surface area contributed by atoms with Gasteiger partial charge < -0.3 is 15.0 Å². The van der Waals surface area contributed by atoms with Crippen molar-refractivity contribution in [1.82, 2.24) is 9.88 Å². The average molecular weight is 314 g/mol. The quantitative estimate of drug-likeness (QED) is 0.693. The zero-order valence-electron chi connectivity index (χ0n) is 12.9. The zero-order valence-corrected chi connectivity index (χ0v) is 13.7. The SMILES string of the molecule is CCCC(CCO)CNC(=O)CCCn1c(C)csc1=O. The lowest BCUT2D eigenvalue weighted by Gasteiger charge is -2.15. The molecule has 5 nitrogen and oxygen atoms in total. The molecule has 0 aliphatic rings. The smallest absolute Gasteiger partial charge is 0.307 e. The van der Waals surface area contributed by atoms with Gasteiger partial charge in [0.2, 0.25) is 5.91 Å². The van der Waals surface area contributed by atoms with Crippen LogP contribution in [0.2, 0.25) is 0 Å².